The maximum absolute atomic E-state index is 14.1. The van der Waals surface area contributed by atoms with Crippen LogP contribution in [0.15, 0.2) is 36.7 Å². The number of ketones is 1. The number of nitro benzene ring substituents is 1. The number of aromatic nitrogens is 2. The SMILES string of the molecule is O=C(c1c[nH]c2nccc(Oc3ccc([N+](=O)[O-])cc3F)c12)C(Cl)(Cl)Cl. The molecule has 0 unspecified atom stereocenters. The maximum atomic E-state index is 14.1. The van der Waals surface area contributed by atoms with Crippen molar-refractivity contribution in [2.75, 3.05) is 0 Å². The van der Waals surface area contributed by atoms with Crippen LogP contribution in [0.5, 0.6) is 11.5 Å². The molecule has 1 aromatic carbocycles. The third kappa shape index (κ3) is 3.44. The number of ether oxygens (including phenoxy) is 1. The fraction of sp³-hybridized carbons (Fsp3) is 0.0667. The van der Waals surface area contributed by atoms with Gasteiger partial charge in [-0.2, -0.15) is 0 Å². The highest BCUT2D eigenvalue weighted by atomic mass is 35.6. The van der Waals surface area contributed by atoms with Crippen molar-refractivity contribution in [1.82, 2.24) is 9.97 Å². The van der Waals surface area contributed by atoms with E-state index >= 15 is 0 Å². The molecule has 0 aliphatic heterocycles. The highest BCUT2D eigenvalue weighted by molar-refractivity contribution is 6.77. The van der Waals surface area contributed by atoms with Crippen LogP contribution in [-0.4, -0.2) is 24.5 Å². The number of rotatable bonds is 4. The molecule has 0 saturated heterocycles. The van der Waals surface area contributed by atoms with Crippen molar-refractivity contribution in [1.29, 1.82) is 0 Å². The molecule has 134 valence electrons. The molecule has 0 spiro atoms. The van der Waals surface area contributed by atoms with Gasteiger partial charge in [-0.15, -0.1) is 0 Å². The molecule has 0 fully saturated rings. The Bertz CT molecular complexity index is 1030. The number of nitrogens with one attached hydrogen (secondary N) is 1. The van der Waals surface area contributed by atoms with Crippen molar-refractivity contribution in [3.63, 3.8) is 0 Å². The number of hydrogen-bond donors (Lipinski definition) is 1. The second-order valence-electron chi connectivity index (χ2n) is 5.04. The fourth-order valence-corrected chi connectivity index (χ4v) is 2.55. The number of nitro groups is 1. The van der Waals surface area contributed by atoms with Crippen LogP contribution in [0.4, 0.5) is 10.1 Å². The number of carbonyl (C=O) groups is 1. The van der Waals surface area contributed by atoms with Gasteiger partial charge in [0.15, 0.2) is 11.6 Å². The van der Waals surface area contributed by atoms with Gasteiger partial charge in [0.25, 0.3) is 9.48 Å². The lowest BCUT2D eigenvalue weighted by Crippen LogP contribution is -2.18. The van der Waals surface area contributed by atoms with Crippen LogP contribution in [-0.2, 0) is 0 Å². The van der Waals surface area contributed by atoms with Gasteiger partial charge in [-0.05, 0) is 12.1 Å². The summed E-state index contributed by atoms with van der Waals surface area (Å²) in [7, 11) is 0. The first-order valence-corrected chi connectivity index (χ1v) is 8.01. The Morgan fingerprint density at radius 1 is 1.27 bits per heavy atom. The van der Waals surface area contributed by atoms with E-state index in [1.165, 1.54) is 18.5 Å². The van der Waals surface area contributed by atoms with Crippen molar-refractivity contribution in [2.45, 2.75) is 3.79 Å². The molecule has 7 nitrogen and oxygen atoms in total. The van der Waals surface area contributed by atoms with Crippen molar-refractivity contribution in [3.05, 3.63) is 58.2 Å². The Morgan fingerprint density at radius 2 is 2.00 bits per heavy atom. The number of pyridine rings is 1. The van der Waals surface area contributed by atoms with Gasteiger partial charge in [0.2, 0.25) is 5.78 Å². The quantitative estimate of drug-likeness (QED) is 0.280. The van der Waals surface area contributed by atoms with Crippen LogP contribution in [0.1, 0.15) is 10.4 Å². The second kappa shape index (κ2) is 6.71. The van der Waals surface area contributed by atoms with E-state index in [1.807, 2.05) is 0 Å². The van der Waals surface area contributed by atoms with Crippen molar-refractivity contribution in [3.8, 4) is 11.5 Å². The highest BCUT2D eigenvalue weighted by Gasteiger charge is 2.34. The van der Waals surface area contributed by atoms with Gasteiger partial charge in [-0.3, -0.25) is 14.9 Å². The van der Waals surface area contributed by atoms with Crippen molar-refractivity contribution in [2.24, 2.45) is 0 Å². The van der Waals surface area contributed by atoms with Crippen LogP contribution >= 0.6 is 34.8 Å². The summed E-state index contributed by atoms with van der Waals surface area (Å²) in [6.07, 6.45) is 2.65. The Balaban J connectivity index is 2.08. The molecule has 0 atom stereocenters. The summed E-state index contributed by atoms with van der Waals surface area (Å²) in [5.41, 5.74) is -0.184. The number of fused-ring (bicyclic) bond motifs is 1. The molecule has 0 saturated carbocycles. The van der Waals surface area contributed by atoms with E-state index in [0.29, 0.717) is 0 Å². The van der Waals surface area contributed by atoms with Gasteiger partial charge in [-0.25, -0.2) is 9.37 Å². The zero-order valence-electron chi connectivity index (χ0n) is 12.5. The number of benzene rings is 1. The summed E-state index contributed by atoms with van der Waals surface area (Å²) in [6, 6.07) is 4.29. The predicted molar refractivity (Wildman–Crippen MR) is 93.8 cm³/mol. The summed E-state index contributed by atoms with van der Waals surface area (Å²) in [5, 5.41) is 10.9. The van der Waals surface area contributed by atoms with Crippen molar-refractivity contribution < 1.29 is 18.8 Å². The first-order chi connectivity index (χ1) is 12.2. The van der Waals surface area contributed by atoms with Crippen LogP contribution in [0.3, 0.4) is 0 Å². The zero-order valence-corrected chi connectivity index (χ0v) is 14.8. The molecule has 11 heteroatoms. The minimum absolute atomic E-state index is 0.00887. The monoisotopic (exact) mass is 417 g/mol. The number of alkyl halides is 3. The van der Waals surface area contributed by atoms with E-state index in [-0.39, 0.29) is 28.1 Å². The van der Waals surface area contributed by atoms with E-state index in [4.69, 9.17) is 39.5 Å². The first-order valence-electron chi connectivity index (χ1n) is 6.88. The molecule has 0 aliphatic carbocycles. The zero-order chi connectivity index (χ0) is 19.1. The first kappa shape index (κ1) is 18.4. The maximum Gasteiger partial charge on any atom is 0.272 e. The molecule has 1 N–H and O–H groups in total. The van der Waals surface area contributed by atoms with E-state index < -0.39 is 26.0 Å². The summed E-state index contributed by atoms with van der Waals surface area (Å²) < 4.78 is 17.4. The average Bonchev–Trinajstić information content (AvgIpc) is 2.99. The fourth-order valence-electron chi connectivity index (χ4n) is 2.25. The van der Waals surface area contributed by atoms with Crippen LogP contribution < -0.4 is 4.74 Å². The standard InChI is InChI=1S/C15H7Cl3FN3O4/c16-15(17,18)13(23)8-6-21-14-12(8)11(3-4-20-14)26-10-2-1-7(22(24)25)5-9(10)19/h1-6H,(H,20,21). The molecule has 0 bridgehead atoms. The largest absolute Gasteiger partial charge is 0.453 e. The molecule has 0 aliphatic rings. The van der Waals surface area contributed by atoms with Gasteiger partial charge in [-0.1, -0.05) is 34.8 Å². The van der Waals surface area contributed by atoms with Crippen LogP contribution in [0.25, 0.3) is 11.0 Å². The molecule has 3 aromatic rings. The molecule has 2 heterocycles. The van der Waals surface area contributed by atoms with Gasteiger partial charge in [0.1, 0.15) is 11.4 Å². The van der Waals surface area contributed by atoms with Gasteiger partial charge in [0, 0.05) is 18.5 Å². The molecule has 3 rings (SSSR count). The molecule has 2 aromatic heterocycles. The van der Waals surface area contributed by atoms with E-state index in [9.17, 15) is 19.3 Å². The van der Waals surface area contributed by atoms with E-state index in [0.717, 1.165) is 18.2 Å². The highest BCUT2D eigenvalue weighted by Crippen LogP contribution is 2.37. The Morgan fingerprint density at radius 3 is 2.62 bits per heavy atom. The lowest BCUT2D eigenvalue weighted by molar-refractivity contribution is -0.385. The smallest absolute Gasteiger partial charge is 0.272 e. The van der Waals surface area contributed by atoms with Crippen LogP contribution in [0, 0.1) is 15.9 Å². The summed E-state index contributed by atoms with van der Waals surface area (Å²) >= 11 is 16.9. The molecular formula is C15H7Cl3FN3O4. The number of non-ortho nitro benzene ring substituents is 1. The summed E-state index contributed by atoms with van der Waals surface area (Å²) in [4.78, 5) is 29.0. The predicted octanol–water partition coefficient (Wildman–Crippen LogP) is 4.96. The third-order valence-corrected chi connectivity index (χ3v) is 3.90. The number of nitrogens with zero attached hydrogens (tertiary/aromatic N) is 2. The molecule has 26 heavy (non-hydrogen) atoms. The molecule has 0 amide bonds. The minimum Gasteiger partial charge on any atom is -0.453 e. The van der Waals surface area contributed by atoms with Gasteiger partial charge >= 0.3 is 0 Å². The summed E-state index contributed by atoms with van der Waals surface area (Å²) in [6.45, 7) is 0. The Hall–Kier alpha value is -2.42. The molecule has 0 radical (unpaired) electrons. The topological polar surface area (TPSA) is 98.1 Å². The minimum atomic E-state index is -2.21. The Labute approximate surface area is 159 Å². The van der Waals surface area contributed by atoms with E-state index in [1.54, 1.807) is 0 Å². The number of carbonyl (C=O) groups excluding carboxylic acids is 1. The number of H-pyrrole nitrogens is 1. The number of aromatic amines is 1. The second-order valence-corrected chi connectivity index (χ2v) is 7.32. The van der Waals surface area contributed by atoms with Gasteiger partial charge < -0.3 is 9.72 Å². The third-order valence-electron chi connectivity index (χ3n) is 3.38. The van der Waals surface area contributed by atoms with Gasteiger partial charge in [0.05, 0.1) is 21.9 Å². The van der Waals surface area contributed by atoms with Crippen LogP contribution in [0.2, 0.25) is 0 Å². The normalized spacial score (nSPS) is 11.5. The van der Waals surface area contributed by atoms with Crippen molar-refractivity contribution >= 4 is 57.3 Å². The van der Waals surface area contributed by atoms with E-state index in [2.05, 4.69) is 9.97 Å². The lowest BCUT2D eigenvalue weighted by atomic mass is 10.1. The molecular weight excluding hydrogens is 412 g/mol. The number of Topliss-reactive ketones (excluding diaryl/α,β-unsaturated/α-hetero) is 1. The number of halogens is 4. The lowest BCUT2D eigenvalue weighted by Gasteiger charge is -2.11. The summed E-state index contributed by atoms with van der Waals surface area (Å²) in [5.74, 6) is -2.00. The number of hydrogen-bond acceptors (Lipinski definition) is 5. The average molecular weight is 419 g/mol. The Kier molecular flexibility index (Phi) is 4.74.